The number of rotatable bonds is 3. The van der Waals surface area contributed by atoms with Crippen LogP contribution in [0.5, 0.6) is 0 Å². The van der Waals surface area contributed by atoms with Crippen molar-refractivity contribution in [3.05, 3.63) is 23.9 Å². The van der Waals surface area contributed by atoms with Crippen LogP contribution in [-0.4, -0.2) is 31.4 Å². The molecule has 0 atom stereocenters. The monoisotopic (exact) mass is 287 g/mol. The van der Waals surface area contributed by atoms with Crippen molar-refractivity contribution in [1.29, 1.82) is 5.26 Å². The van der Waals surface area contributed by atoms with E-state index in [1.54, 1.807) is 39.1 Å². The van der Waals surface area contributed by atoms with Gasteiger partial charge >= 0.3 is 0 Å². The van der Waals surface area contributed by atoms with Crippen LogP contribution in [0.15, 0.2) is 23.4 Å². The summed E-state index contributed by atoms with van der Waals surface area (Å²) in [6, 6.07) is 5.61. The van der Waals surface area contributed by atoms with Crippen molar-refractivity contribution in [2.75, 3.05) is 5.75 Å². The molecule has 0 unspecified atom stereocenters. The normalized spacial score (nSPS) is 12.5. The number of hydrogen-bond donors (Lipinski definition) is 0. The first-order valence-electron chi connectivity index (χ1n) is 6.15. The number of aromatic nitrogens is 2. The quantitative estimate of drug-likeness (QED) is 0.780. The van der Waals surface area contributed by atoms with Crippen LogP contribution in [0, 0.1) is 11.3 Å². The van der Waals surface area contributed by atoms with E-state index in [0.29, 0.717) is 11.2 Å². The zero-order valence-corrected chi connectivity index (χ0v) is 12.4. The molecule has 102 valence electrons. The maximum atomic E-state index is 12.1. The SMILES string of the molecule is [B]c1nc2ccc(C(C)(C)C#N)cn2c1S(=O)(=O)CC. The summed E-state index contributed by atoms with van der Waals surface area (Å²) >= 11 is 0. The maximum absolute atomic E-state index is 12.1. The summed E-state index contributed by atoms with van der Waals surface area (Å²) in [5.74, 6) is -0.0587. The average molecular weight is 287 g/mol. The van der Waals surface area contributed by atoms with Gasteiger partial charge in [0, 0.05) is 11.8 Å². The lowest BCUT2D eigenvalue weighted by Crippen LogP contribution is -2.19. The standard InChI is InChI=1S/C13H14BN3O2S/c1-4-20(18,19)12-11(14)16-10-6-5-9(7-17(10)12)13(2,3)8-15/h5-7H,4H2,1-3H3. The van der Waals surface area contributed by atoms with Gasteiger partial charge in [-0.2, -0.15) is 5.26 Å². The number of hydrogen-bond acceptors (Lipinski definition) is 4. The fourth-order valence-corrected chi connectivity index (χ4v) is 3.01. The molecular formula is C13H14BN3O2S. The first kappa shape index (κ1) is 14.6. The summed E-state index contributed by atoms with van der Waals surface area (Å²) in [4.78, 5) is 4.06. The van der Waals surface area contributed by atoms with Crippen molar-refractivity contribution in [2.24, 2.45) is 0 Å². The lowest BCUT2D eigenvalue weighted by Gasteiger charge is -2.16. The number of imidazole rings is 1. The smallest absolute Gasteiger partial charge is 0.194 e. The summed E-state index contributed by atoms with van der Waals surface area (Å²) in [7, 11) is 2.24. The van der Waals surface area contributed by atoms with Crippen LogP contribution < -0.4 is 5.59 Å². The maximum Gasteiger partial charge on any atom is 0.194 e. The highest BCUT2D eigenvalue weighted by molar-refractivity contribution is 7.91. The Morgan fingerprint density at radius 3 is 2.65 bits per heavy atom. The molecule has 2 rings (SSSR count). The van der Waals surface area contributed by atoms with Crippen LogP contribution in [-0.2, 0) is 15.3 Å². The first-order chi connectivity index (χ1) is 9.23. The molecule has 0 aliphatic carbocycles. The minimum atomic E-state index is -3.49. The molecule has 0 saturated heterocycles. The van der Waals surface area contributed by atoms with Crippen LogP contribution >= 0.6 is 0 Å². The molecule has 2 radical (unpaired) electrons. The number of pyridine rings is 1. The fourth-order valence-electron chi connectivity index (χ4n) is 1.92. The van der Waals surface area contributed by atoms with Crippen LogP contribution in [0.2, 0.25) is 0 Å². The highest BCUT2D eigenvalue weighted by Gasteiger charge is 2.24. The Morgan fingerprint density at radius 2 is 2.10 bits per heavy atom. The molecule has 0 fully saturated rings. The second-order valence-electron chi connectivity index (χ2n) is 5.09. The first-order valence-corrected chi connectivity index (χ1v) is 7.80. The van der Waals surface area contributed by atoms with Gasteiger partial charge in [-0.05, 0) is 25.5 Å². The van der Waals surface area contributed by atoms with Crippen LogP contribution in [0.4, 0.5) is 0 Å². The van der Waals surface area contributed by atoms with Crippen molar-refractivity contribution in [3.63, 3.8) is 0 Å². The van der Waals surface area contributed by atoms with E-state index in [4.69, 9.17) is 7.85 Å². The van der Waals surface area contributed by atoms with E-state index in [1.165, 1.54) is 4.40 Å². The Kier molecular flexibility index (Phi) is 3.38. The van der Waals surface area contributed by atoms with Crippen molar-refractivity contribution in [2.45, 2.75) is 31.2 Å². The summed E-state index contributed by atoms with van der Waals surface area (Å²) in [5.41, 5.74) is 0.420. The Hall–Kier alpha value is -1.81. The largest absolute Gasteiger partial charge is 0.291 e. The van der Waals surface area contributed by atoms with Gasteiger partial charge in [0.1, 0.15) is 13.5 Å². The Morgan fingerprint density at radius 1 is 1.45 bits per heavy atom. The minimum absolute atomic E-state index is 0.00871. The van der Waals surface area contributed by atoms with E-state index in [9.17, 15) is 13.7 Å². The number of nitrogens with zero attached hydrogens (tertiary/aromatic N) is 3. The van der Waals surface area contributed by atoms with E-state index in [2.05, 4.69) is 11.1 Å². The molecule has 5 nitrogen and oxygen atoms in total. The second-order valence-corrected chi connectivity index (χ2v) is 7.28. The van der Waals surface area contributed by atoms with Crippen molar-refractivity contribution in [3.8, 4) is 6.07 Å². The third-order valence-electron chi connectivity index (χ3n) is 3.28. The number of nitriles is 1. The molecule has 2 aromatic heterocycles. The van der Waals surface area contributed by atoms with Gasteiger partial charge in [0.2, 0.25) is 0 Å². The van der Waals surface area contributed by atoms with E-state index < -0.39 is 15.3 Å². The zero-order valence-electron chi connectivity index (χ0n) is 11.6. The summed E-state index contributed by atoms with van der Waals surface area (Å²) in [5, 5.41) is 9.17. The van der Waals surface area contributed by atoms with Crippen LogP contribution in [0.3, 0.4) is 0 Å². The highest BCUT2D eigenvalue weighted by Crippen LogP contribution is 2.23. The van der Waals surface area contributed by atoms with Gasteiger partial charge in [0.05, 0.1) is 17.2 Å². The molecule has 0 spiro atoms. The molecule has 0 aliphatic heterocycles. The molecule has 0 aliphatic rings. The predicted molar refractivity (Wildman–Crippen MR) is 76.9 cm³/mol. The van der Waals surface area contributed by atoms with E-state index in [0.717, 1.165) is 0 Å². The van der Waals surface area contributed by atoms with Gasteiger partial charge < -0.3 is 0 Å². The van der Waals surface area contributed by atoms with Gasteiger partial charge in [-0.25, -0.2) is 13.4 Å². The Bertz CT molecular complexity index is 816. The number of fused-ring (bicyclic) bond motifs is 1. The Balaban J connectivity index is 2.82. The predicted octanol–water partition coefficient (Wildman–Crippen LogP) is 0.723. The van der Waals surface area contributed by atoms with E-state index in [1.807, 2.05) is 0 Å². The molecule has 0 bridgehead atoms. The second kappa shape index (κ2) is 4.63. The van der Waals surface area contributed by atoms with Gasteiger partial charge in [0.15, 0.2) is 14.9 Å². The van der Waals surface area contributed by atoms with Gasteiger partial charge in [-0.1, -0.05) is 13.0 Å². The molecule has 2 aromatic rings. The van der Waals surface area contributed by atoms with Crippen molar-refractivity contribution >= 4 is 28.9 Å². The lowest BCUT2D eigenvalue weighted by molar-refractivity contribution is 0.592. The van der Waals surface area contributed by atoms with Crippen LogP contribution in [0.25, 0.3) is 5.65 Å². The van der Waals surface area contributed by atoms with Gasteiger partial charge in [-0.3, -0.25) is 4.40 Å². The molecule has 0 saturated carbocycles. The molecular weight excluding hydrogens is 273 g/mol. The summed E-state index contributed by atoms with van der Waals surface area (Å²) in [6.07, 6.45) is 1.62. The summed E-state index contributed by atoms with van der Waals surface area (Å²) in [6.45, 7) is 5.09. The van der Waals surface area contributed by atoms with Crippen molar-refractivity contribution in [1.82, 2.24) is 9.38 Å². The third-order valence-corrected chi connectivity index (χ3v) is 5.03. The minimum Gasteiger partial charge on any atom is -0.291 e. The highest BCUT2D eigenvalue weighted by atomic mass is 32.2. The molecule has 7 heteroatoms. The fraction of sp³-hybridized carbons (Fsp3) is 0.385. The van der Waals surface area contributed by atoms with Gasteiger partial charge in [0.25, 0.3) is 0 Å². The third kappa shape index (κ3) is 2.20. The summed E-state index contributed by atoms with van der Waals surface area (Å²) < 4.78 is 25.7. The number of sulfone groups is 1. The average Bonchev–Trinajstić information content (AvgIpc) is 2.74. The lowest BCUT2D eigenvalue weighted by atomic mass is 9.88. The van der Waals surface area contributed by atoms with E-state index in [-0.39, 0.29) is 16.4 Å². The topological polar surface area (TPSA) is 75.2 Å². The zero-order chi connectivity index (χ0) is 15.1. The molecule has 0 amide bonds. The Labute approximate surface area is 119 Å². The molecule has 0 N–H and O–H groups in total. The molecule has 2 heterocycles. The van der Waals surface area contributed by atoms with Gasteiger partial charge in [-0.15, -0.1) is 0 Å². The van der Waals surface area contributed by atoms with Crippen molar-refractivity contribution < 1.29 is 8.42 Å². The van der Waals surface area contributed by atoms with Crippen LogP contribution in [0.1, 0.15) is 26.3 Å². The molecule has 0 aromatic carbocycles. The molecule has 20 heavy (non-hydrogen) atoms. The van der Waals surface area contributed by atoms with E-state index >= 15 is 0 Å².